The first-order valence-corrected chi connectivity index (χ1v) is 6.62. The molecular formula is C16H16O. The average Bonchev–Trinajstić information content (AvgIpc) is 2.77. The van der Waals surface area contributed by atoms with Crippen LogP contribution in [0.2, 0.25) is 0 Å². The van der Waals surface area contributed by atoms with Crippen molar-refractivity contribution in [3.05, 3.63) is 42.0 Å². The maximum absolute atomic E-state index is 6.12. The van der Waals surface area contributed by atoms with E-state index in [0.29, 0.717) is 12.0 Å². The van der Waals surface area contributed by atoms with Crippen molar-refractivity contribution in [3.8, 4) is 5.75 Å². The Kier molecular flexibility index (Phi) is 1.96. The van der Waals surface area contributed by atoms with Gasteiger partial charge in [0.1, 0.15) is 11.9 Å². The molecule has 1 aliphatic heterocycles. The molecule has 1 aliphatic carbocycles. The summed E-state index contributed by atoms with van der Waals surface area (Å²) in [5, 5.41) is 2.75. The summed E-state index contributed by atoms with van der Waals surface area (Å²) in [6.45, 7) is 0. The topological polar surface area (TPSA) is 9.23 Å². The van der Waals surface area contributed by atoms with Gasteiger partial charge in [0.25, 0.3) is 0 Å². The maximum atomic E-state index is 6.12. The number of hydrogen-bond donors (Lipinski definition) is 0. The van der Waals surface area contributed by atoms with E-state index in [2.05, 4.69) is 36.4 Å². The lowest BCUT2D eigenvalue weighted by molar-refractivity contribution is 0.164. The second-order valence-corrected chi connectivity index (χ2v) is 5.25. The van der Waals surface area contributed by atoms with Gasteiger partial charge >= 0.3 is 0 Å². The molecule has 0 aromatic heterocycles. The number of ether oxygens (including phenoxy) is 1. The Morgan fingerprint density at radius 3 is 2.82 bits per heavy atom. The first-order valence-electron chi connectivity index (χ1n) is 6.62. The highest BCUT2D eigenvalue weighted by Crippen LogP contribution is 2.48. The third kappa shape index (κ3) is 1.32. The predicted molar refractivity (Wildman–Crippen MR) is 69.6 cm³/mol. The van der Waals surface area contributed by atoms with Crippen LogP contribution in [0.25, 0.3) is 10.8 Å². The molecule has 1 heteroatoms. The minimum atomic E-state index is 0.449. The molecule has 0 radical (unpaired) electrons. The van der Waals surface area contributed by atoms with Crippen molar-refractivity contribution in [2.24, 2.45) is 0 Å². The highest BCUT2D eigenvalue weighted by atomic mass is 16.5. The molecule has 0 N–H and O–H groups in total. The van der Waals surface area contributed by atoms with Crippen molar-refractivity contribution in [2.45, 2.75) is 37.7 Å². The number of hydrogen-bond acceptors (Lipinski definition) is 1. The van der Waals surface area contributed by atoms with Gasteiger partial charge in [0, 0.05) is 11.5 Å². The van der Waals surface area contributed by atoms with Crippen molar-refractivity contribution in [1.82, 2.24) is 0 Å². The molecule has 1 heterocycles. The molecule has 0 unspecified atom stereocenters. The lowest BCUT2D eigenvalue weighted by atomic mass is 9.81. The first kappa shape index (κ1) is 9.52. The number of benzene rings is 2. The van der Waals surface area contributed by atoms with Gasteiger partial charge < -0.3 is 4.74 Å². The van der Waals surface area contributed by atoms with Gasteiger partial charge in [0.05, 0.1) is 0 Å². The van der Waals surface area contributed by atoms with Gasteiger partial charge in [0.15, 0.2) is 0 Å². The molecule has 17 heavy (non-hydrogen) atoms. The molecule has 0 amide bonds. The molecule has 0 bridgehead atoms. The summed E-state index contributed by atoms with van der Waals surface area (Å²) in [4.78, 5) is 0. The second kappa shape index (κ2) is 3.49. The van der Waals surface area contributed by atoms with Gasteiger partial charge in [-0.3, -0.25) is 0 Å². The van der Waals surface area contributed by atoms with E-state index in [9.17, 15) is 0 Å². The average molecular weight is 224 g/mol. The Bertz CT molecular complexity index is 573. The molecule has 1 nitrogen and oxygen atoms in total. The quantitative estimate of drug-likeness (QED) is 0.649. The standard InChI is InChI=1S/C16H16O/c1-2-6-12-11(5-1)9-10-15-16(12)13-7-3-4-8-14(13)17-15/h1-2,5-6,9-10,13-14H,3-4,7-8H2/t13-,14+/m0/s1. The van der Waals surface area contributed by atoms with Gasteiger partial charge in [0.2, 0.25) is 0 Å². The second-order valence-electron chi connectivity index (χ2n) is 5.25. The molecule has 2 aromatic carbocycles. The number of rotatable bonds is 0. The zero-order valence-corrected chi connectivity index (χ0v) is 9.86. The molecule has 2 aromatic rings. The first-order chi connectivity index (χ1) is 8.43. The molecule has 0 spiro atoms. The highest BCUT2D eigenvalue weighted by Gasteiger charge is 2.36. The highest BCUT2D eigenvalue weighted by molar-refractivity contribution is 5.89. The Labute approximate surface area is 101 Å². The van der Waals surface area contributed by atoms with E-state index in [0.717, 1.165) is 5.75 Å². The largest absolute Gasteiger partial charge is 0.489 e. The van der Waals surface area contributed by atoms with E-state index in [1.165, 1.54) is 42.0 Å². The van der Waals surface area contributed by atoms with Gasteiger partial charge in [-0.15, -0.1) is 0 Å². The summed E-state index contributed by atoms with van der Waals surface area (Å²) in [6.07, 6.45) is 5.66. The summed E-state index contributed by atoms with van der Waals surface area (Å²) in [7, 11) is 0. The van der Waals surface area contributed by atoms with Gasteiger partial charge in [-0.2, -0.15) is 0 Å². The van der Waals surface area contributed by atoms with Crippen LogP contribution in [-0.2, 0) is 0 Å². The van der Waals surface area contributed by atoms with Crippen LogP contribution in [0.3, 0.4) is 0 Å². The van der Waals surface area contributed by atoms with E-state index in [1.54, 1.807) is 0 Å². The van der Waals surface area contributed by atoms with E-state index < -0.39 is 0 Å². The maximum Gasteiger partial charge on any atom is 0.124 e. The van der Waals surface area contributed by atoms with E-state index in [4.69, 9.17) is 4.74 Å². The minimum absolute atomic E-state index is 0.449. The molecular weight excluding hydrogens is 208 g/mol. The van der Waals surface area contributed by atoms with Gasteiger partial charge in [-0.05, 0) is 36.1 Å². The summed E-state index contributed by atoms with van der Waals surface area (Å²) < 4.78 is 6.12. The Morgan fingerprint density at radius 2 is 1.82 bits per heavy atom. The van der Waals surface area contributed by atoms with E-state index >= 15 is 0 Å². The van der Waals surface area contributed by atoms with Gasteiger partial charge in [-0.25, -0.2) is 0 Å². The van der Waals surface area contributed by atoms with Crippen LogP contribution in [0.15, 0.2) is 36.4 Å². The Balaban J connectivity index is 1.96. The summed E-state index contributed by atoms with van der Waals surface area (Å²) in [5.41, 5.74) is 1.48. The fourth-order valence-corrected chi connectivity index (χ4v) is 3.49. The molecule has 2 atom stereocenters. The zero-order chi connectivity index (χ0) is 11.2. The normalized spacial score (nSPS) is 26.4. The smallest absolute Gasteiger partial charge is 0.124 e. The van der Waals surface area contributed by atoms with Crippen LogP contribution in [-0.4, -0.2) is 6.10 Å². The minimum Gasteiger partial charge on any atom is -0.489 e. The lowest BCUT2D eigenvalue weighted by Gasteiger charge is -2.24. The van der Waals surface area contributed by atoms with Crippen molar-refractivity contribution >= 4 is 10.8 Å². The summed E-state index contributed by atoms with van der Waals surface area (Å²) in [5.74, 6) is 1.78. The molecule has 2 aliphatic rings. The Morgan fingerprint density at radius 1 is 0.941 bits per heavy atom. The van der Waals surface area contributed by atoms with Crippen molar-refractivity contribution in [3.63, 3.8) is 0 Å². The predicted octanol–water partition coefficient (Wildman–Crippen LogP) is 4.26. The van der Waals surface area contributed by atoms with Crippen LogP contribution in [0.5, 0.6) is 5.75 Å². The van der Waals surface area contributed by atoms with Crippen LogP contribution in [0.1, 0.15) is 37.2 Å². The van der Waals surface area contributed by atoms with Crippen LogP contribution < -0.4 is 4.74 Å². The summed E-state index contributed by atoms with van der Waals surface area (Å²) >= 11 is 0. The van der Waals surface area contributed by atoms with Crippen molar-refractivity contribution < 1.29 is 4.74 Å². The zero-order valence-electron chi connectivity index (χ0n) is 9.86. The SMILES string of the molecule is c1ccc2c3c(ccc2c1)O[C@@H]1CCCC[C@H]31. The van der Waals surface area contributed by atoms with Crippen LogP contribution in [0, 0.1) is 0 Å². The molecule has 0 saturated heterocycles. The fraction of sp³-hybridized carbons (Fsp3) is 0.375. The number of fused-ring (bicyclic) bond motifs is 5. The molecule has 1 saturated carbocycles. The summed E-state index contributed by atoms with van der Waals surface area (Å²) in [6, 6.07) is 13.0. The fourth-order valence-electron chi connectivity index (χ4n) is 3.49. The Hall–Kier alpha value is -1.50. The molecule has 4 rings (SSSR count). The molecule has 1 fully saturated rings. The van der Waals surface area contributed by atoms with Crippen molar-refractivity contribution in [2.75, 3.05) is 0 Å². The van der Waals surface area contributed by atoms with Crippen LogP contribution >= 0.6 is 0 Å². The molecule has 86 valence electrons. The monoisotopic (exact) mass is 224 g/mol. The van der Waals surface area contributed by atoms with E-state index in [-0.39, 0.29) is 0 Å². The third-order valence-electron chi connectivity index (χ3n) is 4.28. The van der Waals surface area contributed by atoms with E-state index in [1.807, 2.05) is 0 Å². The lowest BCUT2D eigenvalue weighted by Crippen LogP contribution is -2.22. The third-order valence-corrected chi connectivity index (χ3v) is 4.28. The van der Waals surface area contributed by atoms with Gasteiger partial charge in [-0.1, -0.05) is 36.8 Å². The van der Waals surface area contributed by atoms with Crippen molar-refractivity contribution in [1.29, 1.82) is 0 Å². The van der Waals surface area contributed by atoms with Crippen LogP contribution in [0.4, 0.5) is 0 Å².